The lowest BCUT2D eigenvalue weighted by atomic mass is 9.98. The fourth-order valence-electron chi connectivity index (χ4n) is 2.77. The molecule has 0 saturated heterocycles. The summed E-state index contributed by atoms with van der Waals surface area (Å²) in [4.78, 5) is 11.3. The Labute approximate surface area is 115 Å². The monoisotopic (exact) mass is 279 g/mol. The Bertz CT molecular complexity index is 592. The molecule has 0 bridgehead atoms. The summed E-state index contributed by atoms with van der Waals surface area (Å²) in [5.74, 6) is 0.399. The molecule has 94 valence electrons. The lowest BCUT2D eigenvalue weighted by molar-refractivity contribution is -0.118. The van der Waals surface area contributed by atoms with Gasteiger partial charge in [0.1, 0.15) is 5.88 Å². The number of hydrogen-bond donors (Lipinski definition) is 1. The Kier molecular flexibility index (Phi) is 3.27. The lowest BCUT2D eigenvalue weighted by Crippen LogP contribution is -2.28. The van der Waals surface area contributed by atoms with E-state index in [0.717, 1.165) is 12.8 Å². The van der Waals surface area contributed by atoms with Crippen molar-refractivity contribution in [2.24, 2.45) is 0 Å². The van der Waals surface area contributed by atoms with Crippen molar-refractivity contribution in [2.75, 3.05) is 12.4 Å². The Morgan fingerprint density at radius 2 is 2.33 bits per heavy atom. The predicted octanol–water partition coefficient (Wildman–Crippen LogP) is 3.29. The molecule has 2 nitrogen and oxygen atoms in total. The van der Waals surface area contributed by atoms with Crippen molar-refractivity contribution in [3.05, 3.63) is 34.7 Å². The van der Waals surface area contributed by atoms with Crippen LogP contribution in [0.2, 0.25) is 0 Å². The van der Waals surface area contributed by atoms with E-state index in [2.05, 4.69) is 28.9 Å². The van der Waals surface area contributed by atoms with Crippen LogP contribution in [-0.2, 0) is 11.2 Å². The molecule has 1 aliphatic rings. The van der Waals surface area contributed by atoms with Crippen molar-refractivity contribution >= 4 is 38.9 Å². The first kappa shape index (κ1) is 12.0. The second-order valence-corrected chi connectivity index (χ2v) is 5.86. The van der Waals surface area contributed by atoms with E-state index in [-0.39, 0.29) is 11.8 Å². The number of fused-ring (bicyclic) bond motifs is 3. The second kappa shape index (κ2) is 4.90. The zero-order valence-corrected chi connectivity index (χ0v) is 11.5. The fourth-order valence-corrected chi connectivity index (χ4v) is 3.67. The molecular formula is C14H14ClNOS. The molecule has 18 heavy (non-hydrogen) atoms. The van der Waals surface area contributed by atoms with Crippen LogP contribution in [0.15, 0.2) is 23.6 Å². The van der Waals surface area contributed by atoms with Gasteiger partial charge in [-0.15, -0.1) is 22.9 Å². The van der Waals surface area contributed by atoms with Gasteiger partial charge >= 0.3 is 0 Å². The average Bonchev–Trinajstić information content (AvgIpc) is 3.01. The molecule has 1 unspecified atom stereocenters. The third-order valence-electron chi connectivity index (χ3n) is 3.60. The topological polar surface area (TPSA) is 29.1 Å². The van der Waals surface area contributed by atoms with Crippen LogP contribution in [0.1, 0.15) is 23.5 Å². The quantitative estimate of drug-likeness (QED) is 0.859. The number of nitrogens with one attached hydrogen (secondary N) is 1. The van der Waals surface area contributed by atoms with Crippen molar-refractivity contribution in [3.8, 4) is 0 Å². The molecule has 0 saturated carbocycles. The average molecular weight is 280 g/mol. The van der Waals surface area contributed by atoms with Crippen molar-refractivity contribution < 1.29 is 4.79 Å². The zero-order valence-electron chi connectivity index (χ0n) is 9.91. The van der Waals surface area contributed by atoms with Gasteiger partial charge in [0.05, 0.1) is 0 Å². The molecule has 1 amide bonds. The first-order valence-electron chi connectivity index (χ1n) is 6.11. The summed E-state index contributed by atoms with van der Waals surface area (Å²) in [6.45, 7) is 0.702. The highest BCUT2D eigenvalue weighted by molar-refractivity contribution is 7.17. The Morgan fingerprint density at radius 3 is 3.17 bits per heavy atom. The van der Waals surface area contributed by atoms with Crippen LogP contribution in [0.5, 0.6) is 0 Å². The number of amides is 1. The largest absolute Gasteiger partial charge is 0.354 e. The number of aryl methyl sites for hydroxylation is 1. The molecule has 0 radical (unpaired) electrons. The van der Waals surface area contributed by atoms with Crippen LogP contribution < -0.4 is 5.32 Å². The van der Waals surface area contributed by atoms with E-state index in [1.54, 1.807) is 11.3 Å². The zero-order chi connectivity index (χ0) is 12.5. The molecule has 4 heteroatoms. The van der Waals surface area contributed by atoms with Gasteiger partial charge in [0.15, 0.2) is 0 Å². The smallest absolute Gasteiger partial charge is 0.234 e. The minimum absolute atomic E-state index is 0.0439. The van der Waals surface area contributed by atoms with Gasteiger partial charge in [-0.05, 0) is 46.9 Å². The van der Waals surface area contributed by atoms with Crippen LogP contribution in [0.3, 0.4) is 0 Å². The Balaban J connectivity index is 1.90. The number of alkyl halides is 1. The van der Waals surface area contributed by atoms with Gasteiger partial charge in [0, 0.05) is 17.2 Å². The first-order chi connectivity index (χ1) is 8.79. The molecule has 1 N–H and O–H groups in total. The first-order valence-corrected chi connectivity index (χ1v) is 7.52. The number of rotatable bonds is 3. The van der Waals surface area contributed by atoms with E-state index in [4.69, 9.17) is 11.6 Å². The van der Waals surface area contributed by atoms with E-state index < -0.39 is 0 Å². The van der Waals surface area contributed by atoms with Crippen LogP contribution >= 0.6 is 22.9 Å². The molecule has 0 aliphatic heterocycles. The van der Waals surface area contributed by atoms with E-state index in [1.807, 2.05) is 0 Å². The minimum atomic E-state index is -0.0809. The number of halogens is 1. The predicted molar refractivity (Wildman–Crippen MR) is 76.6 cm³/mol. The summed E-state index contributed by atoms with van der Waals surface area (Å²) in [6.07, 6.45) is 2.23. The molecule has 2 aromatic rings. The highest BCUT2D eigenvalue weighted by atomic mass is 35.5. The maximum Gasteiger partial charge on any atom is 0.234 e. The van der Waals surface area contributed by atoms with Crippen molar-refractivity contribution in [3.63, 3.8) is 0 Å². The molecule has 1 atom stereocenters. The van der Waals surface area contributed by atoms with Gasteiger partial charge in [-0.2, -0.15) is 0 Å². The number of carbonyl (C=O) groups is 1. The molecule has 1 heterocycles. The minimum Gasteiger partial charge on any atom is -0.354 e. The van der Waals surface area contributed by atoms with Gasteiger partial charge in [0.2, 0.25) is 5.91 Å². The van der Waals surface area contributed by atoms with Crippen LogP contribution in [0, 0.1) is 0 Å². The number of thiophene rings is 1. The van der Waals surface area contributed by atoms with E-state index in [0.29, 0.717) is 12.5 Å². The summed E-state index contributed by atoms with van der Waals surface area (Å²) in [5.41, 5.74) is 2.87. The normalized spacial score (nSPS) is 17.9. The number of benzene rings is 1. The molecule has 3 rings (SSSR count). The maximum absolute atomic E-state index is 11.3. The third kappa shape index (κ3) is 2.02. The van der Waals surface area contributed by atoms with Gasteiger partial charge in [-0.1, -0.05) is 6.07 Å². The van der Waals surface area contributed by atoms with Crippen LogP contribution in [0.25, 0.3) is 10.1 Å². The van der Waals surface area contributed by atoms with Gasteiger partial charge in [0.25, 0.3) is 0 Å². The number of hydrogen-bond acceptors (Lipinski definition) is 2. The Hall–Kier alpha value is -1.06. The molecule has 1 aliphatic carbocycles. The van der Waals surface area contributed by atoms with Gasteiger partial charge in [-0.3, -0.25) is 4.79 Å². The van der Waals surface area contributed by atoms with Crippen molar-refractivity contribution in [1.29, 1.82) is 0 Å². The Morgan fingerprint density at radius 1 is 1.44 bits per heavy atom. The number of carbonyl (C=O) groups excluding carboxylic acids is 1. The summed E-state index contributed by atoms with van der Waals surface area (Å²) in [6, 6.07) is 6.64. The highest BCUT2D eigenvalue weighted by Crippen LogP contribution is 2.39. The summed E-state index contributed by atoms with van der Waals surface area (Å²) >= 11 is 7.28. The molecule has 1 aromatic heterocycles. The van der Waals surface area contributed by atoms with Crippen LogP contribution in [-0.4, -0.2) is 18.3 Å². The van der Waals surface area contributed by atoms with Crippen molar-refractivity contribution in [2.45, 2.75) is 18.8 Å². The molecule has 0 spiro atoms. The molecular weight excluding hydrogens is 266 g/mol. The maximum atomic E-state index is 11.3. The van der Waals surface area contributed by atoms with E-state index in [9.17, 15) is 4.79 Å². The fraction of sp³-hybridized carbons (Fsp3) is 0.357. The summed E-state index contributed by atoms with van der Waals surface area (Å²) < 4.78 is 1.34. The standard InChI is InChI=1S/C14H14ClNOS/c15-7-13(17)16-8-10-2-1-9-3-4-12-11(14(9)10)5-6-18-12/h3-6,10H,1-2,7-8H2,(H,16,17). The molecule has 1 aromatic carbocycles. The summed E-state index contributed by atoms with van der Waals surface area (Å²) in [7, 11) is 0. The SMILES string of the molecule is O=C(CCl)NCC1CCc2ccc3sccc3c21. The van der Waals surface area contributed by atoms with E-state index in [1.165, 1.54) is 21.2 Å². The van der Waals surface area contributed by atoms with Gasteiger partial charge in [-0.25, -0.2) is 0 Å². The highest BCUT2D eigenvalue weighted by Gasteiger charge is 2.25. The van der Waals surface area contributed by atoms with Crippen molar-refractivity contribution in [1.82, 2.24) is 5.32 Å². The lowest BCUT2D eigenvalue weighted by Gasteiger charge is -2.13. The third-order valence-corrected chi connectivity index (χ3v) is 4.73. The second-order valence-electron chi connectivity index (χ2n) is 4.64. The van der Waals surface area contributed by atoms with Crippen LogP contribution in [0.4, 0.5) is 0 Å². The van der Waals surface area contributed by atoms with Gasteiger partial charge < -0.3 is 5.32 Å². The van der Waals surface area contributed by atoms with E-state index >= 15 is 0 Å². The summed E-state index contributed by atoms with van der Waals surface area (Å²) in [5, 5.41) is 6.40. The molecule has 0 fully saturated rings.